The molecule has 0 fully saturated rings. The van der Waals surface area contributed by atoms with Crippen LogP contribution in [0.15, 0.2) is 42.5 Å². The molecule has 0 bridgehead atoms. The highest BCUT2D eigenvalue weighted by atomic mass is 19.4. The summed E-state index contributed by atoms with van der Waals surface area (Å²) in [7, 11) is 1.19. The van der Waals surface area contributed by atoms with Crippen molar-refractivity contribution in [2.75, 3.05) is 12.8 Å². The van der Waals surface area contributed by atoms with Crippen LogP contribution in [0.2, 0.25) is 0 Å². The van der Waals surface area contributed by atoms with Gasteiger partial charge in [-0.2, -0.15) is 18.2 Å². The Hall–Kier alpha value is -3.69. The lowest BCUT2D eigenvalue weighted by atomic mass is 9.99. The van der Waals surface area contributed by atoms with Gasteiger partial charge in [-0.05, 0) is 31.5 Å². The number of nitrogens with two attached hydrogens (primary N) is 1. The number of hydrogen-bond donors (Lipinski definition) is 1. The van der Waals surface area contributed by atoms with Gasteiger partial charge >= 0.3 is 12.1 Å². The van der Waals surface area contributed by atoms with Gasteiger partial charge in [0.2, 0.25) is 11.8 Å². The van der Waals surface area contributed by atoms with Crippen LogP contribution in [0.25, 0.3) is 22.4 Å². The molecule has 0 aliphatic carbocycles. The Morgan fingerprint density at radius 2 is 1.74 bits per heavy atom. The Labute approximate surface area is 176 Å². The molecule has 31 heavy (non-hydrogen) atoms. The van der Waals surface area contributed by atoms with Gasteiger partial charge in [-0.1, -0.05) is 30.3 Å². The molecule has 10 heteroatoms. The molecule has 162 valence electrons. The lowest BCUT2D eigenvalue weighted by Gasteiger charge is -2.19. The van der Waals surface area contributed by atoms with Crippen LogP contribution in [0.1, 0.15) is 18.3 Å². The number of esters is 1. The molecule has 1 aromatic carbocycles. The summed E-state index contributed by atoms with van der Waals surface area (Å²) in [5, 5.41) is 0. The molecular weight excluding hydrogens is 413 g/mol. The van der Waals surface area contributed by atoms with E-state index < -0.39 is 23.9 Å². The van der Waals surface area contributed by atoms with Gasteiger partial charge in [-0.15, -0.1) is 0 Å². The zero-order valence-electron chi connectivity index (χ0n) is 16.9. The number of hydrogen-bond acceptors (Lipinski definition) is 7. The molecule has 2 N–H and O–H groups in total. The number of alkyl halides is 3. The highest BCUT2D eigenvalue weighted by Crippen LogP contribution is 2.40. The molecule has 0 aliphatic rings. The SMILES string of the molecule is COC(=O)C(C)Oc1nc(N)nc(-c2ccccc2)c1-c1cc(C)nc(C(F)(F)F)c1. The van der Waals surface area contributed by atoms with Crippen molar-refractivity contribution in [1.29, 1.82) is 0 Å². The number of ether oxygens (including phenoxy) is 2. The summed E-state index contributed by atoms with van der Waals surface area (Å²) in [6, 6.07) is 11.0. The Bertz CT molecular complexity index is 1110. The molecule has 0 aliphatic heterocycles. The Morgan fingerprint density at radius 1 is 1.06 bits per heavy atom. The first-order valence-electron chi connectivity index (χ1n) is 9.13. The zero-order valence-corrected chi connectivity index (χ0v) is 16.9. The third-order valence-electron chi connectivity index (χ3n) is 4.29. The van der Waals surface area contributed by atoms with Crippen molar-refractivity contribution >= 4 is 11.9 Å². The van der Waals surface area contributed by atoms with Crippen molar-refractivity contribution in [2.24, 2.45) is 0 Å². The Kier molecular flexibility index (Phi) is 6.09. The maximum absolute atomic E-state index is 13.4. The molecule has 0 spiro atoms. The Balaban J connectivity index is 2.31. The van der Waals surface area contributed by atoms with Crippen LogP contribution in [0.4, 0.5) is 19.1 Å². The van der Waals surface area contributed by atoms with Gasteiger partial charge in [0, 0.05) is 11.3 Å². The first kappa shape index (κ1) is 22.0. The Morgan fingerprint density at radius 3 is 2.35 bits per heavy atom. The van der Waals surface area contributed by atoms with Crippen molar-refractivity contribution < 1.29 is 27.4 Å². The van der Waals surface area contributed by atoms with Crippen LogP contribution in [0.3, 0.4) is 0 Å². The normalized spacial score (nSPS) is 12.3. The number of carbonyl (C=O) groups is 1. The average molecular weight is 432 g/mol. The number of methoxy groups -OCH3 is 1. The first-order chi connectivity index (χ1) is 14.6. The smallest absolute Gasteiger partial charge is 0.433 e. The molecular formula is C21H19F3N4O3. The number of nitrogen functional groups attached to an aromatic ring is 1. The highest BCUT2D eigenvalue weighted by molar-refractivity contribution is 5.85. The van der Waals surface area contributed by atoms with E-state index in [1.807, 2.05) is 0 Å². The van der Waals surface area contributed by atoms with Crippen molar-refractivity contribution in [3.8, 4) is 28.3 Å². The molecule has 0 radical (unpaired) electrons. The van der Waals surface area contributed by atoms with Crippen LogP contribution >= 0.6 is 0 Å². The predicted octanol–water partition coefficient (Wildman–Crippen LogP) is 4.06. The molecule has 0 saturated carbocycles. The van der Waals surface area contributed by atoms with Gasteiger partial charge in [0.1, 0.15) is 5.69 Å². The summed E-state index contributed by atoms with van der Waals surface area (Å²) < 4.78 is 50.5. The summed E-state index contributed by atoms with van der Waals surface area (Å²) in [6.07, 6.45) is -5.76. The molecule has 1 atom stereocenters. The van der Waals surface area contributed by atoms with E-state index in [-0.39, 0.29) is 34.3 Å². The van der Waals surface area contributed by atoms with Gasteiger partial charge in [0.25, 0.3) is 0 Å². The quantitative estimate of drug-likeness (QED) is 0.607. The number of carbonyl (C=O) groups excluding carboxylic acids is 1. The lowest BCUT2D eigenvalue weighted by molar-refractivity contribution is -0.148. The summed E-state index contributed by atoms with van der Waals surface area (Å²) >= 11 is 0. The van der Waals surface area contributed by atoms with E-state index in [9.17, 15) is 18.0 Å². The largest absolute Gasteiger partial charge is 0.466 e. The summed E-state index contributed by atoms with van der Waals surface area (Å²) in [5.74, 6) is -1.01. The van der Waals surface area contributed by atoms with Crippen LogP contribution in [0.5, 0.6) is 5.88 Å². The van der Waals surface area contributed by atoms with E-state index >= 15 is 0 Å². The highest BCUT2D eigenvalue weighted by Gasteiger charge is 2.34. The van der Waals surface area contributed by atoms with E-state index in [4.69, 9.17) is 10.5 Å². The van der Waals surface area contributed by atoms with Crippen molar-refractivity contribution in [3.05, 3.63) is 53.9 Å². The fourth-order valence-electron chi connectivity index (χ4n) is 2.95. The van der Waals surface area contributed by atoms with Crippen LogP contribution in [-0.2, 0) is 15.7 Å². The molecule has 0 saturated heterocycles. The summed E-state index contributed by atoms with van der Waals surface area (Å²) in [6.45, 7) is 2.87. The average Bonchev–Trinajstić information content (AvgIpc) is 2.72. The van der Waals surface area contributed by atoms with E-state index in [0.717, 1.165) is 6.07 Å². The molecule has 3 rings (SSSR count). The van der Waals surface area contributed by atoms with Crippen LogP contribution in [-0.4, -0.2) is 34.1 Å². The second-order valence-corrected chi connectivity index (χ2v) is 6.64. The monoisotopic (exact) mass is 432 g/mol. The number of aryl methyl sites for hydroxylation is 1. The fourth-order valence-corrected chi connectivity index (χ4v) is 2.95. The third-order valence-corrected chi connectivity index (χ3v) is 4.29. The zero-order chi connectivity index (χ0) is 22.8. The molecule has 3 aromatic rings. The van der Waals surface area contributed by atoms with Gasteiger partial charge in [0.15, 0.2) is 6.10 Å². The number of benzene rings is 1. The van der Waals surface area contributed by atoms with E-state index in [2.05, 4.69) is 19.7 Å². The minimum atomic E-state index is -4.66. The number of rotatable bonds is 5. The molecule has 7 nitrogen and oxygen atoms in total. The first-order valence-corrected chi connectivity index (χ1v) is 9.13. The van der Waals surface area contributed by atoms with Crippen molar-refractivity contribution in [2.45, 2.75) is 26.1 Å². The van der Waals surface area contributed by atoms with E-state index in [1.165, 1.54) is 27.0 Å². The minimum absolute atomic E-state index is 0.116. The molecule has 2 aromatic heterocycles. The predicted molar refractivity (Wildman–Crippen MR) is 107 cm³/mol. The molecule has 2 heterocycles. The van der Waals surface area contributed by atoms with Crippen molar-refractivity contribution in [3.63, 3.8) is 0 Å². The van der Waals surface area contributed by atoms with E-state index in [0.29, 0.717) is 5.56 Å². The standard InChI is InChI=1S/C21H19F3N4O3/c1-11-9-14(10-15(26-11)21(22,23)24)16-17(13-7-5-4-6-8-13)27-20(25)28-18(16)31-12(2)19(29)30-3/h4-10,12H,1-3H3,(H2,25,27,28). The number of pyridine rings is 1. The topological polar surface area (TPSA) is 100 Å². The van der Waals surface area contributed by atoms with Gasteiger partial charge in [-0.25, -0.2) is 14.8 Å². The summed E-state index contributed by atoms with van der Waals surface area (Å²) in [5.41, 5.74) is 5.99. The van der Waals surface area contributed by atoms with E-state index in [1.54, 1.807) is 30.3 Å². The van der Waals surface area contributed by atoms with Gasteiger partial charge in [-0.3, -0.25) is 0 Å². The van der Waals surface area contributed by atoms with Crippen molar-refractivity contribution in [1.82, 2.24) is 15.0 Å². The molecule has 0 amide bonds. The second kappa shape index (κ2) is 8.58. The maximum Gasteiger partial charge on any atom is 0.433 e. The number of nitrogens with zero attached hydrogens (tertiary/aromatic N) is 3. The number of halogens is 3. The summed E-state index contributed by atoms with van der Waals surface area (Å²) in [4.78, 5) is 23.7. The number of anilines is 1. The van der Waals surface area contributed by atoms with Gasteiger partial charge in [0.05, 0.1) is 18.4 Å². The lowest BCUT2D eigenvalue weighted by Crippen LogP contribution is -2.26. The minimum Gasteiger partial charge on any atom is -0.466 e. The maximum atomic E-state index is 13.4. The fraction of sp³-hybridized carbons (Fsp3) is 0.238. The van der Waals surface area contributed by atoms with Crippen LogP contribution < -0.4 is 10.5 Å². The number of aromatic nitrogens is 3. The van der Waals surface area contributed by atoms with Gasteiger partial charge < -0.3 is 15.2 Å². The van der Waals surface area contributed by atoms with Crippen LogP contribution in [0, 0.1) is 6.92 Å². The third kappa shape index (κ3) is 4.90. The molecule has 1 unspecified atom stereocenters. The second-order valence-electron chi connectivity index (χ2n) is 6.64.